The van der Waals surface area contributed by atoms with Crippen molar-refractivity contribution in [1.29, 1.82) is 0 Å². The molecule has 1 fully saturated rings. The third-order valence-electron chi connectivity index (χ3n) is 9.95. The van der Waals surface area contributed by atoms with Crippen molar-refractivity contribution >= 4 is 38.5 Å². The van der Waals surface area contributed by atoms with Crippen LogP contribution in [0.3, 0.4) is 0 Å². The van der Waals surface area contributed by atoms with Gasteiger partial charge in [-0.25, -0.2) is 0 Å². The van der Waals surface area contributed by atoms with Crippen LogP contribution in [-0.4, -0.2) is 91.3 Å². The molecule has 10 heteroatoms. The van der Waals surface area contributed by atoms with Crippen molar-refractivity contribution in [1.82, 2.24) is 4.98 Å². The number of hydrogen-bond donors (Lipinski definition) is 0. The molecule has 1 aliphatic heterocycles. The maximum absolute atomic E-state index is 7.53. The van der Waals surface area contributed by atoms with Crippen molar-refractivity contribution in [3.8, 4) is 0 Å². The molecule has 1 saturated heterocycles. The topological polar surface area (TPSA) is 72.2 Å². The van der Waals surface area contributed by atoms with E-state index in [1.54, 1.807) is 14.2 Å². The third-order valence-corrected chi connectivity index (χ3v) is 22.8. The van der Waals surface area contributed by atoms with Gasteiger partial charge in [-0.15, -0.1) is 0 Å². The summed E-state index contributed by atoms with van der Waals surface area (Å²) in [6, 6.07) is 1.31. The summed E-state index contributed by atoms with van der Waals surface area (Å²) < 4.78 is 40.1. The van der Waals surface area contributed by atoms with Crippen LogP contribution in [0.1, 0.15) is 80.0 Å². The van der Waals surface area contributed by atoms with Gasteiger partial charge in [0.05, 0.1) is 6.10 Å². The molecule has 0 unspecified atom stereocenters. The molecule has 7 nitrogen and oxygen atoms in total. The first kappa shape index (κ1) is 42.9. The van der Waals surface area contributed by atoms with Crippen LogP contribution in [-0.2, 0) is 29.8 Å². The van der Waals surface area contributed by atoms with E-state index in [9.17, 15) is 0 Å². The van der Waals surface area contributed by atoms with Gasteiger partial charge in [-0.2, -0.15) is 0 Å². The molecule has 2 rings (SSSR count). The Hall–Kier alpha value is -0.278. The summed E-state index contributed by atoms with van der Waals surface area (Å²) >= 11 is -2.42. The number of methoxy groups -OCH3 is 3. The van der Waals surface area contributed by atoms with E-state index in [2.05, 4.69) is 106 Å². The predicted molar refractivity (Wildman–Crippen MR) is 205 cm³/mol. The Balaban J connectivity index is 2.53. The molecule has 0 saturated carbocycles. The Labute approximate surface area is 295 Å². The molecule has 0 radical (unpaired) electrons. The molecule has 272 valence electrons. The molecular formula is C37H71NO6Si2Sn. The van der Waals surface area contributed by atoms with E-state index in [4.69, 9.17) is 27.8 Å². The number of allylic oxidation sites excluding steroid dienone is 2. The number of nitrogens with zero attached hydrogens (tertiary/aromatic N) is 1. The second-order valence-electron chi connectivity index (χ2n) is 17.0. The summed E-state index contributed by atoms with van der Waals surface area (Å²) in [4.78, 5) is 11.7. The molecule has 0 bridgehead atoms. The average molecular weight is 801 g/mol. The van der Waals surface area contributed by atoms with Crippen LogP contribution in [0.2, 0.25) is 57.1 Å². The first-order valence-electron chi connectivity index (χ1n) is 18.0. The quantitative estimate of drug-likeness (QED) is 0.102. The standard InChI is InChI=1S/C34H62NO6Si2.3CH3.Sn/c1-25(2)43(26(3)4,27(5)6)41-32(21-28(7)16-17-29(36-8)15-14-20-42(11,12)13)31-22-30(37-9)23-34(38-10,40-31)24-33-35-18-19-39-33;;;;/h16-18,21,25-27,29-32H,14-15,20,22-24H2,1-13H3;3*1H3;/b17-16+,28-21+;;;;/t29-,30-,31-,32-,34+;;;;/m1..../s1. The fourth-order valence-corrected chi connectivity index (χ4v) is 16.6. The zero-order valence-corrected chi connectivity index (χ0v) is 37.8. The van der Waals surface area contributed by atoms with Crippen molar-refractivity contribution in [2.24, 2.45) is 0 Å². The van der Waals surface area contributed by atoms with Crippen molar-refractivity contribution in [2.75, 3.05) is 21.3 Å². The Kier molecular flexibility index (Phi) is 16.7. The Morgan fingerprint density at radius 1 is 1.04 bits per heavy atom. The molecule has 0 spiro atoms. The third kappa shape index (κ3) is 12.5. The molecule has 0 aliphatic carbocycles. The fraction of sp³-hybridized carbons (Fsp3) is 0.811. The summed E-state index contributed by atoms with van der Waals surface area (Å²) in [6.07, 6.45) is 12.1. The van der Waals surface area contributed by atoms with Gasteiger partial charge in [0, 0.05) is 15.2 Å². The van der Waals surface area contributed by atoms with Gasteiger partial charge in [0.2, 0.25) is 0 Å². The molecule has 0 N–H and O–H groups in total. The molecule has 5 atom stereocenters. The van der Waals surface area contributed by atoms with Crippen LogP contribution in [0.4, 0.5) is 0 Å². The number of hydrogen-bond acceptors (Lipinski definition) is 7. The Bertz CT molecular complexity index is 1120. The van der Waals surface area contributed by atoms with Crippen molar-refractivity contribution in [3.05, 3.63) is 35.9 Å². The molecule has 0 aromatic carbocycles. The van der Waals surface area contributed by atoms with E-state index in [0.717, 1.165) is 15.8 Å². The summed E-state index contributed by atoms with van der Waals surface area (Å²) in [7, 11) is 1.97. The van der Waals surface area contributed by atoms with Crippen LogP contribution in [0, 0.1) is 0 Å². The second-order valence-corrected chi connectivity index (χ2v) is 42.3. The first-order chi connectivity index (χ1) is 21.7. The van der Waals surface area contributed by atoms with Gasteiger partial charge in [0.15, 0.2) is 0 Å². The van der Waals surface area contributed by atoms with Gasteiger partial charge in [-0.05, 0) is 6.42 Å². The number of aromatic nitrogens is 1. The summed E-state index contributed by atoms with van der Waals surface area (Å²) in [6.45, 7) is 23.5. The van der Waals surface area contributed by atoms with Crippen molar-refractivity contribution < 1.29 is 27.8 Å². The molecule has 47 heavy (non-hydrogen) atoms. The van der Waals surface area contributed by atoms with Crippen LogP contribution < -0.4 is 3.78 Å². The van der Waals surface area contributed by atoms with Crippen LogP contribution in [0.15, 0.2) is 34.4 Å². The molecule has 1 aromatic heterocycles. The normalized spacial score (nSPS) is 23.4. The molecule has 0 amide bonds. The van der Waals surface area contributed by atoms with E-state index < -0.39 is 40.6 Å². The van der Waals surface area contributed by atoms with Crippen LogP contribution >= 0.6 is 0 Å². The molecule has 1 aromatic rings. The maximum atomic E-state index is 7.53. The van der Waals surface area contributed by atoms with E-state index in [1.807, 2.05) is 13.3 Å². The molecule has 1 aliphatic rings. The van der Waals surface area contributed by atoms with E-state index >= 15 is 0 Å². The fourth-order valence-electron chi connectivity index (χ4n) is 7.29. The van der Waals surface area contributed by atoms with Gasteiger partial charge in [-0.3, -0.25) is 0 Å². The first-order valence-corrected chi connectivity index (χ1v) is 33.8. The summed E-state index contributed by atoms with van der Waals surface area (Å²) in [5.74, 6) is -0.279. The Morgan fingerprint density at radius 3 is 2.13 bits per heavy atom. The summed E-state index contributed by atoms with van der Waals surface area (Å²) in [5.41, 5.74) is 2.44. The van der Waals surface area contributed by atoms with E-state index in [1.165, 1.54) is 12.5 Å². The minimum absolute atomic E-state index is 0.0577. The number of oxazole rings is 1. The van der Waals surface area contributed by atoms with Gasteiger partial charge in [-0.1, -0.05) is 32.1 Å². The van der Waals surface area contributed by atoms with Crippen LogP contribution in [0.5, 0.6) is 0 Å². The Morgan fingerprint density at radius 2 is 1.66 bits per heavy atom. The minimum atomic E-state index is -2.42. The van der Waals surface area contributed by atoms with Crippen LogP contribution in [0.25, 0.3) is 0 Å². The van der Waals surface area contributed by atoms with E-state index in [0.29, 0.717) is 41.8 Å². The predicted octanol–water partition coefficient (Wildman–Crippen LogP) is 9.50. The van der Waals surface area contributed by atoms with Crippen molar-refractivity contribution in [2.45, 2.75) is 168 Å². The van der Waals surface area contributed by atoms with Gasteiger partial charge in [0.1, 0.15) is 0 Å². The van der Waals surface area contributed by atoms with Gasteiger partial charge < -0.3 is 4.74 Å². The SMILES string of the molecule is CO[C@@H]1C[C@H]([C@@H](/C=C(C)/C=C/[C@@H](CCC[Si](C)(C)C)OC)O[Si](C(C)C)(C(C)C)C(C)C)O[C@@](Cc2nc[c]([Sn]([CH3])([CH3])[CH3])o2)(OC)C1. The van der Waals surface area contributed by atoms with Gasteiger partial charge in [0.25, 0.3) is 0 Å². The average Bonchev–Trinajstić information content (AvgIpc) is 3.44. The monoisotopic (exact) mass is 801 g/mol. The number of ether oxygens (including phenoxy) is 4. The zero-order chi connectivity index (χ0) is 35.8. The zero-order valence-electron chi connectivity index (χ0n) is 33.0. The van der Waals surface area contributed by atoms with Crippen molar-refractivity contribution in [3.63, 3.8) is 0 Å². The number of rotatable bonds is 19. The molecule has 2 heterocycles. The van der Waals surface area contributed by atoms with E-state index in [-0.39, 0.29) is 24.4 Å². The molecular weight excluding hydrogens is 729 g/mol. The van der Waals surface area contributed by atoms with Gasteiger partial charge >= 0.3 is 232 Å². The summed E-state index contributed by atoms with van der Waals surface area (Å²) in [5, 5.41) is 0. The second kappa shape index (κ2) is 18.3.